The Morgan fingerprint density at radius 3 is 1.82 bits per heavy atom. The Kier molecular flexibility index (Phi) is 7.24. The molecule has 1 fully saturated rings. The second kappa shape index (κ2) is 10.5. The van der Waals surface area contributed by atoms with Crippen LogP contribution < -0.4 is 10.6 Å². The number of anilines is 2. The van der Waals surface area contributed by atoms with Crippen molar-refractivity contribution >= 4 is 33.3 Å². The average Bonchev–Trinajstić information content (AvgIpc) is 2.85. The molecule has 3 aromatic carbocycles. The minimum atomic E-state index is -3.44. The Morgan fingerprint density at radius 2 is 1.24 bits per heavy atom. The highest BCUT2D eigenvalue weighted by Gasteiger charge is 2.29. The van der Waals surface area contributed by atoms with Crippen LogP contribution >= 0.6 is 0 Å². The summed E-state index contributed by atoms with van der Waals surface area (Å²) < 4.78 is 26.9. The lowest BCUT2D eigenvalue weighted by molar-refractivity contribution is 0.0698. The number of amides is 3. The van der Waals surface area contributed by atoms with Crippen LogP contribution in [0.1, 0.15) is 15.9 Å². The molecular weight excluding hydrogens is 452 g/mol. The molecule has 2 N–H and O–H groups in total. The highest BCUT2D eigenvalue weighted by atomic mass is 32.2. The van der Waals surface area contributed by atoms with Gasteiger partial charge in [-0.25, -0.2) is 13.2 Å². The van der Waals surface area contributed by atoms with Crippen molar-refractivity contribution in [3.05, 3.63) is 96.1 Å². The van der Waals surface area contributed by atoms with Crippen molar-refractivity contribution in [2.75, 3.05) is 36.8 Å². The van der Waals surface area contributed by atoms with Gasteiger partial charge in [-0.05, 0) is 42.0 Å². The van der Waals surface area contributed by atoms with Crippen LogP contribution in [0.25, 0.3) is 0 Å². The Bertz CT molecular complexity index is 1220. The number of rotatable bonds is 6. The van der Waals surface area contributed by atoms with Crippen molar-refractivity contribution in [1.82, 2.24) is 9.21 Å². The molecular formula is C25H26N4O4S. The number of benzene rings is 3. The normalized spacial score (nSPS) is 14.4. The van der Waals surface area contributed by atoms with Crippen LogP contribution in [-0.2, 0) is 15.8 Å². The molecule has 4 rings (SSSR count). The number of sulfonamides is 1. The summed E-state index contributed by atoms with van der Waals surface area (Å²) in [6.07, 6.45) is 0. The van der Waals surface area contributed by atoms with E-state index in [-0.39, 0.29) is 30.8 Å². The number of nitrogens with zero attached hydrogens (tertiary/aromatic N) is 2. The van der Waals surface area contributed by atoms with E-state index in [0.29, 0.717) is 30.0 Å². The van der Waals surface area contributed by atoms with Crippen LogP contribution in [0, 0.1) is 0 Å². The Morgan fingerprint density at radius 1 is 0.706 bits per heavy atom. The van der Waals surface area contributed by atoms with Gasteiger partial charge in [-0.2, -0.15) is 4.31 Å². The fourth-order valence-electron chi connectivity index (χ4n) is 3.74. The van der Waals surface area contributed by atoms with Crippen LogP contribution in [0.4, 0.5) is 16.2 Å². The van der Waals surface area contributed by atoms with E-state index in [1.807, 2.05) is 36.4 Å². The maximum atomic E-state index is 12.9. The van der Waals surface area contributed by atoms with Crippen LogP contribution in [0.2, 0.25) is 0 Å². The molecule has 0 saturated carbocycles. The molecule has 1 saturated heterocycles. The number of piperazine rings is 1. The highest BCUT2D eigenvalue weighted by molar-refractivity contribution is 7.88. The summed E-state index contributed by atoms with van der Waals surface area (Å²) in [6, 6.07) is 24.4. The minimum absolute atomic E-state index is 0.0475. The summed E-state index contributed by atoms with van der Waals surface area (Å²) >= 11 is 0. The van der Waals surface area contributed by atoms with E-state index in [2.05, 4.69) is 10.6 Å². The van der Waals surface area contributed by atoms with E-state index in [0.717, 1.165) is 5.56 Å². The standard InChI is InChI=1S/C25H26N4O4S/c30-24(21-11-13-23(14-12-21)27-25(31)26-22-9-5-2-6-10-22)28-15-17-29(18-16-28)34(32,33)19-20-7-3-1-4-8-20/h1-14H,15-19H2,(H2,26,27,31). The summed E-state index contributed by atoms with van der Waals surface area (Å²) in [4.78, 5) is 26.7. The maximum Gasteiger partial charge on any atom is 0.323 e. The summed E-state index contributed by atoms with van der Waals surface area (Å²) in [6.45, 7) is 1.18. The van der Waals surface area contributed by atoms with Crippen molar-refractivity contribution in [2.24, 2.45) is 0 Å². The van der Waals surface area contributed by atoms with Gasteiger partial charge >= 0.3 is 6.03 Å². The van der Waals surface area contributed by atoms with Crippen molar-refractivity contribution in [2.45, 2.75) is 5.75 Å². The fraction of sp³-hybridized carbons (Fsp3) is 0.200. The van der Waals surface area contributed by atoms with Gasteiger partial charge in [0.2, 0.25) is 10.0 Å². The number of urea groups is 1. The topological polar surface area (TPSA) is 98.8 Å². The molecule has 3 aromatic rings. The second-order valence-corrected chi connectivity index (χ2v) is 9.92. The first kappa shape index (κ1) is 23.5. The Labute approximate surface area is 199 Å². The molecule has 1 aliphatic heterocycles. The van der Waals surface area contributed by atoms with Crippen LogP contribution in [0.3, 0.4) is 0 Å². The summed E-state index contributed by atoms with van der Waals surface area (Å²) in [5.41, 5.74) is 2.46. The molecule has 0 aromatic heterocycles. The molecule has 1 heterocycles. The Balaban J connectivity index is 1.29. The van der Waals surface area contributed by atoms with Gasteiger partial charge in [-0.1, -0.05) is 48.5 Å². The molecule has 0 aliphatic carbocycles. The maximum absolute atomic E-state index is 12.9. The van der Waals surface area contributed by atoms with Gasteiger partial charge in [0.15, 0.2) is 0 Å². The van der Waals surface area contributed by atoms with E-state index in [9.17, 15) is 18.0 Å². The first-order valence-corrected chi connectivity index (χ1v) is 12.6. The molecule has 1 aliphatic rings. The molecule has 8 nitrogen and oxygen atoms in total. The predicted molar refractivity (Wildman–Crippen MR) is 132 cm³/mol. The number of carbonyl (C=O) groups excluding carboxylic acids is 2. The van der Waals surface area contributed by atoms with Crippen molar-refractivity contribution in [1.29, 1.82) is 0 Å². The van der Waals surface area contributed by atoms with Crippen molar-refractivity contribution < 1.29 is 18.0 Å². The minimum Gasteiger partial charge on any atom is -0.336 e. The third-order valence-electron chi connectivity index (χ3n) is 5.53. The number of hydrogen-bond acceptors (Lipinski definition) is 4. The molecule has 0 radical (unpaired) electrons. The van der Waals surface area contributed by atoms with Gasteiger partial charge in [-0.15, -0.1) is 0 Å². The average molecular weight is 479 g/mol. The Hall–Kier alpha value is -3.69. The zero-order valence-electron chi connectivity index (χ0n) is 18.6. The van der Waals surface area contributed by atoms with Gasteiger partial charge in [0, 0.05) is 43.1 Å². The fourth-order valence-corrected chi connectivity index (χ4v) is 5.26. The van der Waals surface area contributed by atoms with Gasteiger partial charge in [0.1, 0.15) is 0 Å². The van der Waals surface area contributed by atoms with E-state index in [4.69, 9.17) is 0 Å². The third kappa shape index (κ3) is 6.00. The van der Waals surface area contributed by atoms with E-state index >= 15 is 0 Å². The summed E-state index contributed by atoms with van der Waals surface area (Å²) in [5.74, 6) is -0.214. The number of nitrogens with one attached hydrogen (secondary N) is 2. The lowest BCUT2D eigenvalue weighted by atomic mass is 10.1. The zero-order chi connectivity index (χ0) is 24.0. The lowest BCUT2D eigenvalue weighted by Crippen LogP contribution is -2.50. The van der Waals surface area contributed by atoms with Crippen LogP contribution in [-0.4, -0.2) is 55.7 Å². The number of para-hydroxylation sites is 1. The molecule has 34 heavy (non-hydrogen) atoms. The molecule has 0 atom stereocenters. The molecule has 9 heteroatoms. The van der Waals surface area contributed by atoms with E-state index < -0.39 is 10.0 Å². The van der Waals surface area contributed by atoms with Gasteiger partial charge in [0.05, 0.1) is 5.75 Å². The lowest BCUT2D eigenvalue weighted by Gasteiger charge is -2.34. The zero-order valence-corrected chi connectivity index (χ0v) is 19.4. The smallest absolute Gasteiger partial charge is 0.323 e. The van der Waals surface area contributed by atoms with Crippen molar-refractivity contribution in [3.63, 3.8) is 0 Å². The molecule has 176 valence electrons. The third-order valence-corrected chi connectivity index (χ3v) is 7.38. The molecule has 0 unspecified atom stereocenters. The van der Waals surface area contributed by atoms with Gasteiger partial charge < -0.3 is 15.5 Å². The molecule has 0 spiro atoms. The number of hydrogen-bond donors (Lipinski definition) is 2. The summed E-state index contributed by atoms with van der Waals surface area (Å²) in [7, 11) is -3.44. The first-order valence-electron chi connectivity index (χ1n) is 10.9. The SMILES string of the molecule is O=C(Nc1ccccc1)Nc1ccc(C(=O)N2CCN(S(=O)(=O)Cc3ccccc3)CC2)cc1. The van der Waals surface area contributed by atoms with Crippen molar-refractivity contribution in [3.8, 4) is 0 Å². The van der Waals surface area contributed by atoms with Gasteiger partial charge in [-0.3, -0.25) is 4.79 Å². The highest BCUT2D eigenvalue weighted by Crippen LogP contribution is 2.17. The van der Waals surface area contributed by atoms with Crippen LogP contribution in [0.5, 0.6) is 0 Å². The van der Waals surface area contributed by atoms with E-state index in [1.165, 1.54) is 4.31 Å². The monoisotopic (exact) mass is 478 g/mol. The molecule has 0 bridgehead atoms. The van der Waals surface area contributed by atoms with E-state index in [1.54, 1.807) is 53.4 Å². The summed E-state index contributed by atoms with van der Waals surface area (Å²) in [5, 5.41) is 5.46. The predicted octanol–water partition coefficient (Wildman–Crippen LogP) is 3.62. The van der Waals surface area contributed by atoms with Crippen LogP contribution in [0.15, 0.2) is 84.9 Å². The largest absolute Gasteiger partial charge is 0.336 e. The quantitative estimate of drug-likeness (QED) is 0.565. The molecule has 3 amide bonds. The number of carbonyl (C=O) groups is 2. The second-order valence-electron chi connectivity index (χ2n) is 7.96. The first-order chi connectivity index (χ1) is 16.4. The van der Waals surface area contributed by atoms with Gasteiger partial charge in [0.25, 0.3) is 5.91 Å².